The lowest BCUT2D eigenvalue weighted by Crippen LogP contribution is -2.28. The second kappa shape index (κ2) is 8.46. The quantitative estimate of drug-likeness (QED) is 0.525. The molecule has 1 heterocycles. The molecule has 2 aromatic rings. The van der Waals surface area contributed by atoms with Crippen LogP contribution in [-0.4, -0.2) is 35.1 Å². The minimum atomic E-state index is -0.308. The number of amides is 1. The molecule has 0 aliphatic carbocycles. The Hall–Kier alpha value is -2.19. The van der Waals surface area contributed by atoms with Crippen molar-refractivity contribution in [3.05, 3.63) is 63.9 Å². The lowest BCUT2D eigenvalue weighted by atomic mass is 10.2. The monoisotopic (exact) mass is 435 g/mol. The third-order valence-electron chi connectivity index (χ3n) is 3.64. The van der Waals surface area contributed by atoms with Crippen molar-refractivity contribution in [2.24, 2.45) is 10.2 Å². The van der Waals surface area contributed by atoms with Crippen LogP contribution < -0.4 is 4.74 Å². The van der Waals surface area contributed by atoms with Gasteiger partial charge in [0.1, 0.15) is 11.6 Å². The predicted octanol–water partition coefficient (Wildman–Crippen LogP) is 4.06. The number of hydrogen-bond acceptors (Lipinski definition) is 5. The van der Waals surface area contributed by atoms with Crippen molar-refractivity contribution in [3.8, 4) is 5.75 Å². The summed E-state index contributed by atoms with van der Waals surface area (Å²) in [7, 11) is 1.59. The molecule has 134 valence electrons. The van der Waals surface area contributed by atoms with E-state index in [0.717, 1.165) is 15.6 Å². The van der Waals surface area contributed by atoms with Crippen molar-refractivity contribution in [3.63, 3.8) is 0 Å². The van der Waals surface area contributed by atoms with Gasteiger partial charge in [0.2, 0.25) is 5.91 Å². The van der Waals surface area contributed by atoms with Crippen LogP contribution in [0.3, 0.4) is 0 Å². The van der Waals surface area contributed by atoms with Gasteiger partial charge in [-0.1, -0.05) is 39.8 Å². The first-order chi connectivity index (χ1) is 12.6. The Kier molecular flexibility index (Phi) is 6.05. The molecule has 26 heavy (non-hydrogen) atoms. The van der Waals surface area contributed by atoms with Crippen molar-refractivity contribution in [1.29, 1.82) is 0 Å². The highest BCUT2D eigenvalue weighted by Crippen LogP contribution is 2.23. The number of ether oxygens (including phenoxy) is 1. The molecule has 1 aliphatic rings. The lowest BCUT2D eigenvalue weighted by Gasteiger charge is -2.15. The zero-order valence-corrected chi connectivity index (χ0v) is 16.3. The summed E-state index contributed by atoms with van der Waals surface area (Å²) < 4.78 is 19.2. The van der Waals surface area contributed by atoms with E-state index in [2.05, 4.69) is 26.1 Å². The van der Waals surface area contributed by atoms with Crippen LogP contribution in [0.5, 0.6) is 5.75 Å². The molecule has 3 rings (SSSR count). The Labute approximate surface area is 163 Å². The van der Waals surface area contributed by atoms with Crippen LogP contribution in [0.4, 0.5) is 4.39 Å². The van der Waals surface area contributed by atoms with Gasteiger partial charge in [-0.05, 0) is 35.9 Å². The number of hydrogen-bond donors (Lipinski definition) is 0. The molecule has 1 aliphatic heterocycles. The van der Waals surface area contributed by atoms with Gasteiger partial charge in [-0.15, -0.1) is 5.10 Å². The third kappa shape index (κ3) is 4.50. The number of rotatable bonds is 5. The Morgan fingerprint density at radius 1 is 1.31 bits per heavy atom. The number of halogens is 2. The van der Waals surface area contributed by atoms with Gasteiger partial charge in [0, 0.05) is 10.0 Å². The first kappa shape index (κ1) is 18.6. The van der Waals surface area contributed by atoms with Crippen LogP contribution in [0.15, 0.2) is 57.1 Å². The first-order valence-electron chi connectivity index (χ1n) is 7.69. The second-order valence-electron chi connectivity index (χ2n) is 5.41. The molecular weight excluding hydrogens is 421 g/mol. The SMILES string of the molecule is COc1ccc(Br)cc1/C=N/N=C1\SCC(=O)N1Cc1ccc(F)cc1. The van der Waals surface area contributed by atoms with Crippen LogP contribution in [-0.2, 0) is 11.3 Å². The minimum absolute atomic E-state index is 0.0479. The van der Waals surface area contributed by atoms with Gasteiger partial charge in [-0.3, -0.25) is 9.69 Å². The number of thioether (sulfide) groups is 1. The molecule has 0 radical (unpaired) electrons. The zero-order valence-electron chi connectivity index (χ0n) is 13.9. The highest BCUT2D eigenvalue weighted by Gasteiger charge is 2.28. The standard InChI is InChI=1S/C18H15BrFN3O2S/c1-25-16-7-4-14(19)8-13(16)9-21-22-18-23(17(24)11-26-18)10-12-2-5-15(20)6-3-12/h2-9H,10-11H2,1H3/b21-9+,22-18-. The van der Waals surface area contributed by atoms with E-state index in [-0.39, 0.29) is 11.7 Å². The molecule has 0 saturated carbocycles. The maximum absolute atomic E-state index is 13.0. The number of benzene rings is 2. The number of carbonyl (C=O) groups excluding carboxylic acids is 1. The molecular formula is C18H15BrFN3O2S. The Bertz CT molecular complexity index is 871. The molecule has 0 N–H and O–H groups in total. The Morgan fingerprint density at radius 2 is 2.08 bits per heavy atom. The summed E-state index contributed by atoms with van der Waals surface area (Å²) in [5.74, 6) is 0.636. The van der Waals surface area contributed by atoms with Crippen molar-refractivity contribution >= 4 is 45.0 Å². The maximum Gasteiger partial charge on any atom is 0.239 e. The molecule has 0 atom stereocenters. The van der Waals surface area contributed by atoms with E-state index in [9.17, 15) is 9.18 Å². The molecule has 0 spiro atoms. The molecule has 8 heteroatoms. The normalized spacial score (nSPS) is 16.0. The average Bonchev–Trinajstić information content (AvgIpc) is 2.97. The molecule has 0 bridgehead atoms. The van der Waals surface area contributed by atoms with Crippen LogP contribution in [0, 0.1) is 5.82 Å². The van der Waals surface area contributed by atoms with Gasteiger partial charge in [-0.25, -0.2) is 4.39 Å². The highest BCUT2D eigenvalue weighted by molar-refractivity contribution is 9.10. The third-order valence-corrected chi connectivity index (χ3v) is 5.09. The van der Waals surface area contributed by atoms with E-state index in [1.165, 1.54) is 23.9 Å². The van der Waals surface area contributed by atoms with E-state index in [1.54, 1.807) is 30.4 Å². The van der Waals surface area contributed by atoms with Crippen LogP contribution in [0.1, 0.15) is 11.1 Å². The zero-order chi connectivity index (χ0) is 18.5. The minimum Gasteiger partial charge on any atom is -0.496 e. The first-order valence-corrected chi connectivity index (χ1v) is 9.47. The Morgan fingerprint density at radius 3 is 2.81 bits per heavy atom. The predicted molar refractivity (Wildman–Crippen MR) is 105 cm³/mol. The van der Waals surface area contributed by atoms with Crippen LogP contribution in [0.2, 0.25) is 0 Å². The van der Waals surface area contributed by atoms with Gasteiger partial charge >= 0.3 is 0 Å². The van der Waals surface area contributed by atoms with Crippen molar-refractivity contribution in [2.45, 2.75) is 6.54 Å². The average molecular weight is 436 g/mol. The second-order valence-corrected chi connectivity index (χ2v) is 7.27. The summed E-state index contributed by atoms with van der Waals surface area (Å²) in [4.78, 5) is 13.7. The van der Waals surface area contributed by atoms with E-state index < -0.39 is 0 Å². The molecule has 0 aromatic heterocycles. The summed E-state index contributed by atoms with van der Waals surface area (Å²) in [6, 6.07) is 11.6. The molecule has 1 amide bonds. The summed E-state index contributed by atoms with van der Waals surface area (Å²) >= 11 is 4.73. The van der Waals surface area contributed by atoms with Crippen molar-refractivity contribution in [1.82, 2.24) is 4.90 Å². The Balaban J connectivity index is 1.77. The van der Waals surface area contributed by atoms with E-state index in [1.807, 2.05) is 18.2 Å². The van der Waals surface area contributed by atoms with E-state index in [4.69, 9.17) is 4.74 Å². The molecule has 0 unspecified atom stereocenters. The maximum atomic E-state index is 13.0. The number of carbonyl (C=O) groups is 1. The number of amidine groups is 1. The highest BCUT2D eigenvalue weighted by atomic mass is 79.9. The van der Waals surface area contributed by atoms with Gasteiger partial charge in [0.25, 0.3) is 0 Å². The summed E-state index contributed by atoms with van der Waals surface area (Å²) in [6.45, 7) is 0.334. The van der Waals surface area contributed by atoms with Crippen molar-refractivity contribution < 1.29 is 13.9 Å². The van der Waals surface area contributed by atoms with E-state index >= 15 is 0 Å². The van der Waals surface area contributed by atoms with E-state index in [0.29, 0.717) is 23.2 Å². The summed E-state index contributed by atoms with van der Waals surface area (Å²) in [6.07, 6.45) is 1.58. The molecule has 2 aromatic carbocycles. The summed E-state index contributed by atoms with van der Waals surface area (Å²) in [5.41, 5.74) is 1.60. The fourth-order valence-electron chi connectivity index (χ4n) is 2.35. The molecule has 1 saturated heterocycles. The molecule has 1 fully saturated rings. The van der Waals surface area contributed by atoms with Gasteiger partial charge in [-0.2, -0.15) is 5.10 Å². The van der Waals surface area contributed by atoms with Crippen LogP contribution in [0.25, 0.3) is 0 Å². The smallest absolute Gasteiger partial charge is 0.239 e. The lowest BCUT2D eigenvalue weighted by molar-refractivity contribution is -0.124. The molecule has 5 nitrogen and oxygen atoms in total. The summed E-state index contributed by atoms with van der Waals surface area (Å²) in [5, 5.41) is 8.80. The van der Waals surface area contributed by atoms with Gasteiger partial charge in [0.05, 0.1) is 25.6 Å². The topological polar surface area (TPSA) is 54.3 Å². The van der Waals surface area contributed by atoms with Crippen molar-refractivity contribution in [2.75, 3.05) is 12.9 Å². The van der Waals surface area contributed by atoms with Crippen LogP contribution >= 0.6 is 27.7 Å². The number of methoxy groups -OCH3 is 1. The number of nitrogens with zero attached hydrogens (tertiary/aromatic N) is 3. The van der Waals surface area contributed by atoms with Gasteiger partial charge < -0.3 is 4.74 Å². The fraction of sp³-hybridized carbons (Fsp3) is 0.167. The largest absolute Gasteiger partial charge is 0.496 e. The van der Waals surface area contributed by atoms with Gasteiger partial charge in [0.15, 0.2) is 5.17 Å². The fourth-order valence-corrected chi connectivity index (χ4v) is 3.56.